The molecule has 0 radical (unpaired) electrons. The van der Waals surface area contributed by atoms with Crippen molar-refractivity contribution in [1.82, 2.24) is 15.1 Å². The molecule has 0 aliphatic carbocycles. The Balaban J connectivity index is 1.81. The molecule has 9 heteroatoms. The summed E-state index contributed by atoms with van der Waals surface area (Å²) in [5.41, 5.74) is 10.3. The largest absolute Gasteiger partial charge is 0.490 e. The number of primary amides is 1. The number of amides is 1. The monoisotopic (exact) mass is 482 g/mol. The molecular formula is C26H34N4O5. The van der Waals surface area contributed by atoms with Crippen LogP contribution in [0.2, 0.25) is 0 Å². The molecule has 4 N–H and O–H groups in total. The molecule has 0 saturated heterocycles. The van der Waals surface area contributed by atoms with Crippen LogP contribution in [0.15, 0.2) is 28.8 Å². The Morgan fingerprint density at radius 3 is 2.51 bits per heavy atom. The fourth-order valence-electron chi connectivity index (χ4n) is 3.91. The summed E-state index contributed by atoms with van der Waals surface area (Å²) < 4.78 is 11.4. The van der Waals surface area contributed by atoms with Crippen LogP contribution in [0.4, 0.5) is 0 Å². The fraction of sp³-hybridized carbons (Fsp3) is 0.462. The second kappa shape index (κ2) is 11.4. The zero-order valence-corrected chi connectivity index (χ0v) is 20.9. The van der Waals surface area contributed by atoms with E-state index in [1.807, 2.05) is 45.0 Å². The molecule has 0 bridgehead atoms. The maximum Gasteiger partial charge on any atom is 0.258 e. The van der Waals surface area contributed by atoms with E-state index < -0.39 is 18.1 Å². The first-order valence-electron chi connectivity index (χ1n) is 11.8. The summed E-state index contributed by atoms with van der Waals surface area (Å²) in [7, 11) is 0. The molecule has 3 rings (SSSR count). The minimum absolute atomic E-state index is 0.0794. The molecule has 0 spiro atoms. The second-order valence-electron chi connectivity index (χ2n) is 9.26. The summed E-state index contributed by atoms with van der Waals surface area (Å²) in [6.07, 6.45) is -1.10. The van der Waals surface area contributed by atoms with Gasteiger partial charge in [0.1, 0.15) is 18.5 Å². The zero-order valence-electron chi connectivity index (χ0n) is 20.9. The summed E-state index contributed by atoms with van der Waals surface area (Å²) in [6.45, 7) is 10.1. The maximum absolute atomic E-state index is 11.0. The number of aliphatic hydroxyl groups is 2. The van der Waals surface area contributed by atoms with Gasteiger partial charge >= 0.3 is 0 Å². The third-order valence-corrected chi connectivity index (χ3v) is 5.53. The van der Waals surface area contributed by atoms with E-state index in [0.29, 0.717) is 29.8 Å². The van der Waals surface area contributed by atoms with Crippen LogP contribution in [0, 0.1) is 19.8 Å². The van der Waals surface area contributed by atoms with Gasteiger partial charge in [-0.05, 0) is 68.0 Å². The van der Waals surface area contributed by atoms with Gasteiger partial charge in [-0.15, -0.1) is 0 Å². The summed E-state index contributed by atoms with van der Waals surface area (Å²) in [6, 6.07) is 7.76. The molecule has 2 heterocycles. The minimum Gasteiger partial charge on any atom is -0.490 e. The Kier molecular flexibility index (Phi) is 8.58. The van der Waals surface area contributed by atoms with Crippen LogP contribution in [0.3, 0.4) is 0 Å². The molecular weight excluding hydrogens is 448 g/mol. The van der Waals surface area contributed by atoms with E-state index in [2.05, 4.69) is 29.0 Å². The minimum atomic E-state index is -1.42. The Bertz CT molecular complexity index is 1170. The third-order valence-electron chi connectivity index (χ3n) is 5.53. The fourth-order valence-corrected chi connectivity index (χ4v) is 3.91. The Hall–Kier alpha value is -3.30. The van der Waals surface area contributed by atoms with Crippen molar-refractivity contribution in [2.75, 3.05) is 6.61 Å². The van der Waals surface area contributed by atoms with Crippen molar-refractivity contribution >= 4 is 5.91 Å². The highest BCUT2D eigenvalue weighted by atomic mass is 16.5. The van der Waals surface area contributed by atoms with E-state index in [4.69, 9.17) is 15.0 Å². The number of carbonyl (C=O) groups is 1. The molecule has 0 aliphatic heterocycles. The van der Waals surface area contributed by atoms with Crippen LogP contribution in [-0.2, 0) is 17.6 Å². The predicted molar refractivity (Wildman–Crippen MR) is 132 cm³/mol. The zero-order chi connectivity index (χ0) is 25.7. The lowest BCUT2D eigenvalue weighted by Crippen LogP contribution is -2.33. The second-order valence-corrected chi connectivity index (χ2v) is 9.26. The van der Waals surface area contributed by atoms with Gasteiger partial charge in [-0.2, -0.15) is 4.98 Å². The number of aryl methyl sites for hydroxylation is 3. The van der Waals surface area contributed by atoms with Gasteiger partial charge in [0.25, 0.3) is 5.89 Å². The highest BCUT2D eigenvalue weighted by molar-refractivity contribution is 5.78. The number of aromatic nitrogens is 3. The number of nitrogens with zero attached hydrogens (tertiary/aromatic N) is 3. The standard InChI is InChI=1S/C26H34N4O5/c1-6-17-10-18(8-15(4)23(17)34-13-21(31)12-22(32)24(27)33)25-29-26(35-30-25)19-9-16(5)28-20(11-19)7-14(2)3/h8-11,14,21-22,31-32H,6-7,12-13H2,1-5H3,(H2,27,33)/t21-,22?/m1/s1. The number of aliphatic hydroxyl groups excluding tert-OH is 2. The number of rotatable bonds is 11. The quantitative estimate of drug-likeness (QED) is 0.378. The van der Waals surface area contributed by atoms with Crippen molar-refractivity contribution in [1.29, 1.82) is 0 Å². The number of carbonyl (C=O) groups excluding carboxylic acids is 1. The van der Waals surface area contributed by atoms with Gasteiger partial charge in [-0.3, -0.25) is 9.78 Å². The molecule has 0 aliphatic rings. The van der Waals surface area contributed by atoms with Crippen LogP contribution in [0.1, 0.15) is 49.7 Å². The molecule has 3 aromatic rings. The van der Waals surface area contributed by atoms with Crippen molar-refractivity contribution in [3.63, 3.8) is 0 Å². The molecule has 0 saturated carbocycles. The van der Waals surface area contributed by atoms with Gasteiger partial charge in [0.2, 0.25) is 11.7 Å². The number of ether oxygens (including phenoxy) is 1. The molecule has 1 amide bonds. The van der Waals surface area contributed by atoms with Gasteiger partial charge in [0, 0.05) is 28.9 Å². The summed E-state index contributed by atoms with van der Waals surface area (Å²) in [5, 5.41) is 23.8. The number of nitrogens with two attached hydrogens (primary N) is 1. The van der Waals surface area contributed by atoms with Crippen LogP contribution in [-0.4, -0.2) is 50.1 Å². The van der Waals surface area contributed by atoms with E-state index in [0.717, 1.165) is 40.1 Å². The van der Waals surface area contributed by atoms with E-state index in [-0.39, 0.29) is 13.0 Å². The first kappa shape index (κ1) is 26.3. The van der Waals surface area contributed by atoms with E-state index in [9.17, 15) is 15.0 Å². The number of hydrogen-bond donors (Lipinski definition) is 3. The lowest BCUT2D eigenvalue weighted by atomic mass is 10.0. The van der Waals surface area contributed by atoms with Gasteiger partial charge in [-0.1, -0.05) is 25.9 Å². The lowest BCUT2D eigenvalue weighted by molar-refractivity contribution is -0.127. The van der Waals surface area contributed by atoms with Gasteiger partial charge in [0.05, 0.1) is 6.10 Å². The average Bonchev–Trinajstić information content (AvgIpc) is 3.27. The van der Waals surface area contributed by atoms with E-state index in [1.165, 1.54) is 0 Å². The topological polar surface area (TPSA) is 145 Å². The van der Waals surface area contributed by atoms with Crippen molar-refractivity contribution in [2.45, 2.75) is 66.1 Å². The van der Waals surface area contributed by atoms with E-state index in [1.54, 1.807) is 0 Å². The Morgan fingerprint density at radius 1 is 1.11 bits per heavy atom. The number of pyridine rings is 1. The first-order valence-corrected chi connectivity index (χ1v) is 11.8. The molecule has 1 aromatic carbocycles. The SMILES string of the molecule is CCc1cc(-c2noc(-c3cc(C)nc(CC(C)C)c3)n2)cc(C)c1OC[C@H](O)CC(O)C(N)=O. The van der Waals surface area contributed by atoms with Gasteiger partial charge < -0.3 is 25.2 Å². The van der Waals surface area contributed by atoms with Crippen molar-refractivity contribution in [3.8, 4) is 28.6 Å². The van der Waals surface area contributed by atoms with Gasteiger partial charge in [-0.25, -0.2) is 0 Å². The molecule has 9 nitrogen and oxygen atoms in total. The number of hydrogen-bond acceptors (Lipinski definition) is 8. The molecule has 1 unspecified atom stereocenters. The summed E-state index contributed by atoms with van der Waals surface area (Å²) in [4.78, 5) is 20.2. The lowest BCUT2D eigenvalue weighted by Gasteiger charge is -2.18. The van der Waals surface area contributed by atoms with Crippen molar-refractivity contribution in [2.24, 2.45) is 11.7 Å². The summed E-state index contributed by atoms with van der Waals surface area (Å²) >= 11 is 0. The molecule has 0 fully saturated rings. The van der Waals surface area contributed by atoms with Crippen LogP contribution in [0.5, 0.6) is 5.75 Å². The molecule has 35 heavy (non-hydrogen) atoms. The predicted octanol–water partition coefficient (Wildman–Crippen LogP) is 3.15. The van der Waals surface area contributed by atoms with Crippen LogP contribution in [0.25, 0.3) is 22.8 Å². The van der Waals surface area contributed by atoms with Crippen LogP contribution < -0.4 is 10.5 Å². The van der Waals surface area contributed by atoms with Crippen molar-refractivity contribution < 1.29 is 24.3 Å². The normalized spacial score (nSPS) is 13.1. The average molecular weight is 483 g/mol. The first-order chi connectivity index (χ1) is 16.6. The van der Waals surface area contributed by atoms with Crippen LogP contribution >= 0.6 is 0 Å². The Morgan fingerprint density at radius 2 is 1.86 bits per heavy atom. The highest BCUT2D eigenvalue weighted by Gasteiger charge is 2.19. The molecule has 188 valence electrons. The summed E-state index contributed by atoms with van der Waals surface area (Å²) in [5.74, 6) is 1.14. The third kappa shape index (κ3) is 6.86. The number of benzene rings is 1. The van der Waals surface area contributed by atoms with E-state index >= 15 is 0 Å². The van der Waals surface area contributed by atoms with Gasteiger partial charge in [0.15, 0.2) is 0 Å². The smallest absolute Gasteiger partial charge is 0.258 e. The molecule has 2 atom stereocenters. The highest BCUT2D eigenvalue weighted by Crippen LogP contribution is 2.31. The van der Waals surface area contributed by atoms with Crippen molar-refractivity contribution in [3.05, 3.63) is 46.8 Å². The molecule has 2 aromatic heterocycles. The Labute approximate surface area is 205 Å². The maximum atomic E-state index is 11.0.